The van der Waals surface area contributed by atoms with Crippen molar-refractivity contribution >= 4 is 17.1 Å². The molecule has 0 unspecified atom stereocenters. The molecule has 2 rings (SSSR count). The van der Waals surface area contributed by atoms with Gasteiger partial charge in [-0.05, 0) is 36.9 Å². The molecule has 0 fully saturated rings. The number of Topliss-reactive ketones (excluding diaryl/α,β-unsaturated/α-hetero) is 1. The second kappa shape index (κ2) is 5.15. The van der Waals surface area contributed by atoms with Crippen LogP contribution in [0.3, 0.4) is 0 Å². The van der Waals surface area contributed by atoms with E-state index in [1.54, 1.807) is 0 Å². The van der Waals surface area contributed by atoms with E-state index in [4.69, 9.17) is 4.74 Å². The van der Waals surface area contributed by atoms with Crippen LogP contribution in [0, 0.1) is 13.8 Å². The van der Waals surface area contributed by atoms with Crippen LogP contribution in [-0.4, -0.2) is 12.4 Å². The minimum Gasteiger partial charge on any atom is -0.485 e. The van der Waals surface area contributed by atoms with E-state index >= 15 is 0 Å². The van der Waals surface area contributed by atoms with Gasteiger partial charge in [-0.1, -0.05) is 23.8 Å². The maximum Gasteiger partial charge on any atom is 0.210 e. The molecule has 0 aliphatic heterocycles. The van der Waals surface area contributed by atoms with Crippen LogP contribution in [0.2, 0.25) is 0 Å². The fourth-order valence-corrected chi connectivity index (χ4v) is 2.26. The highest BCUT2D eigenvalue weighted by Crippen LogP contribution is 2.19. The van der Waals surface area contributed by atoms with E-state index < -0.39 is 0 Å². The lowest BCUT2D eigenvalue weighted by Crippen LogP contribution is -2.10. The third kappa shape index (κ3) is 2.94. The summed E-state index contributed by atoms with van der Waals surface area (Å²) in [7, 11) is 0. The summed E-state index contributed by atoms with van der Waals surface area (Å²) in [5, 5.41) is 1.89. The first-order chi connectivity index (χ1) is 8.16. The quantitative estimate of drug-likeness (QED) is 0.770. The lowest BCUT2D eigenvalue weighted by Gasteiger charge is -2.08. The molecule has 0 saturated carbocycles. The number of rotatable bonds is 4. The Morgan fingerprint density at radius 3 is 2.76 bits per heavy atom. The van der Waals surface area contributed by atoms with Crippen molar-refractivity contribution in [2.45, 2.75) is 13.8 Å². The summed E-state index contributed by atoms with van der Waals surface area (Å²) in [6.07, 6.45) is 0. The van der Waals surface area contributed by atoms with Crippen molar-refractivity contribution in [1.82, 2.24) is 0 Å². The van der Waals surface area contributed by atoms with Crippen LogP contribution in [0.15, 0.2) is 35.7 Å². The summed E-state index contributed by atoms with van der Waals surface area (Å²) in [6.45, 7) is 4.12. The minimum absolute atomic E-state index is 0.0278. The fourth-order valence-electron chi connectivity index (χ4n) is 1.61. The molecule has 1 aromatic carbocycles. The zero-order chi connectivity index (χ0) is 12.3. The highest BCUT2D eigenvalue weighted by atomic mass is 32.1. The Kier molecular flexibility index (Phi) is 3.59. The summed E-state index contributed by atoms with van der Waals surface area (Å²) >= 11 is 1.44. The molecular weight excluding hydrogens is 232 g/mol. The van der Waals surface area contributed by atoms with E-state index in [2.05, 4.69) is 0 Å². The molecule has 0 atom stereocenters. The fraction of sp³-hybridized carbons (Fsp3) is 0.214. The van der Waals surface area contributed by atoms with Gasteiger partial charge in [0.05, 0.1) is 4.88 Å². The summed E-state index contributed by atoms with van der Waals surface area (Å²) in [5.41, 5.74) is 2.25. The number of carbonyl (C=O) groups excluding carboxylic acids is 1. The minimum atomic E-state index is 0.0278. The highest BCUT2D eigenvalue weighted by molar-refractivity contribution is 7.12. The number of carbonyl (C=O) groups is 1. The predicted molar refractivity (Wildman–Crippen MR) is 70.1 cm³/mol. The molecule has 2 aromatic rings. The molecule has 2 nitrogen and oxygen atoms in total. The zero-order valence-corrected chi connectivity index (χ0v) is 10.7. The molecule has 88 valence electrons. The Morgan fingerprint density at radius 1 is 1.29 bits per heavy atom. The highest BCUT2D eigenvalue weighted by Gasteiger charge is 2.08. The molecule has 0 spiro atoms. The zero-order valence-electron chi connectivity index (χ0n) is 9.90. The largest absolute Gasteiger partial charge is 0.485 e. The first-order valence-electron chi connectivity index (χ1n) is 5.43. The SMILES string of the molecule is Cc1ccc(OCC(=O)c2cccs2)c(C)c1. The van der Waals surface area contributed by atoms with Gasteiger partial charge in [-0.2, -0.15) is 0 Å². The van der Waals surface area contributed by atoms with Crippen molar-refractivity contribution in [1.29, 1.82) is 0 Å². The van der Waals surface area contributed by atoms with Crippen LogP contribution >= 0.6 is 11.3 Å². The lowest BCUT2D eigenvalue weighted by molar-refractivity contribution is 0.0925. The molecule has 17 heavy (non-hydrogen) atoms. The molecule has 0 aliphatic rings. The van der Waals surface area contributed by atoms with Crippen LogP contribution in [0.5, 0.6) is 5.75 Å². The predicted octanol–water partition coefficient (Wildman–Crippen LogP) is 3.63. The Balaban J connectivity index is 2.01. The van der Waals surface area contributed by atoms with Gasteiger partial charge in [0.2, 0.25) is 5.78 Å². The average molecular weight is 246 g/mol. The van der Waals surface area contributed by atoms with Crippen LogP contribution in [0.1, 0.15) is 20.8 Å². The summed E-state index contributed by atoms with van der Waals surface area (Å²) in [6, 6.07) is 9.63. The van der Waals surface area contributed by atoms with E-state index in [-0.39, 0.29) is 12.4 Å². The third-order valence-electron chi connectivity index (χ3n) is 2.49. The van der Waals surface area contributed by atoms with Crippen molar-refractivity contribution in [3.05, 3.63) is 51.7 Å². The van der Waals surface area contributed by atoms with E-state index in [1.165, 1.54) is 16.9 Å². The topological polar surface area (TPSA) is 26.3 Å². The summed E-state index contributed by atoms with van der Waals surface area (Å²) in [5.74, 6) is 0.806. The van der Waals surface area contributed by atoms with E-state index in [0.29, 0.717) is 0 Å². The number of hydrogen-bond acceptors (Lipinski definition) is 3. The van der Waals surface area contributed by atoms with Crippen molar-refractivity contribution < 1.29 is 9.53 Å². The molecule has 1 heterocycles. The Hall–Kier alpha value is -1.61. The number of thiophene rings is 1. The van der Waals surface area contributed by atoms with Gasteiger partial charge in [0.25, 0.3) is 0 Å². The first kappa shape index (κ1) is 11.9. The smallest absolute Gasteiger partial charge is 0.210 e. The average Bonchev–Trinajstić information content (AvgIpc) is 2.81. The van der Waals surface area contributed by atoms with E-state index in [0.717, 1.165) is 16.2 Å². The molecule has 0 radical (unpaired) electrons. The normalized spacial score (nSPS) is 10.2. The van der Waals surface area contributed by atoms with Gasteiger partial charge >= 0.3 is 0 Å². The van der Waals surface area contributed by atoms with Gasteiger partial charge in [-0.3, -0.25) is 4.79 Å². The third-order valence-corrected chi connectivity index (χ3v) is 3.40. The first-order valence-corrected chi connectivity index (χ1v) is 6.31. The van der Waals surface area contributed by atoms with Gasteiger partial charge in [-0.25, -0.2) is 0 Å². The maximum atomic E-state index is 11.7. The van der Waals surface area contributed by atoms with Gasteiger partial charge in [0, 0.05) is 0 Å². The summed E-state index contributed by atoms with van der Waals surface area (Å²) in [4.78, 5) is 12.5. The van der Waals surface area contributed by atoms with Crippen molar-refractivity contribution in [2.24, 2.45) is 0 Å². The van der Waals surface area contributed by atoms with E-state index in [1.807, 2.05) is 49.6 Å². The van der Waals surface area contributed by atoms with Crippen LogP contribution in [-0.2, 0) is 0 Å². The number of ether oxygens (including phenoxy) is 1. The molecule has 0 saturated heterocycles. The van der Waals surface area contributed by atoms with Crippen LogP contribution in [0.25, 0.3) is 0 Å². The Morgan fingerprint density at radius 2 is 2.12 bits per heavy atom. The van der Waals surface area contributed by atoms with Crippen LogP contribution in [0.4, 0.5) is 0 Å². The molecule has 1 aromatic heterocycles. The summed E-state index contributed by atoms with van der Waals surface area (Å²) < 4.78 is 5.53. The van der Waals surface area contributed by atoms with Crippen molar-refractivity contribution in [3.63, 3.8) is 0 Å². The Labute approximate surface area is 105 Å². The second-order valence-corrected chi connectivity index (χ2v) is 4.91. The maximum absolute atomic E-state index is 11.7. The standard InChI is InChI=1S/C14H14O2S/c1-10-5-6-13(11(2)8-10)16-9-12(15)14-4-3-7-17-14/h3-8H,9H2,1-2H3. The number of ketones is 1. The molecular formula is C14H14O2S. The van der Waals surface area contributed by atoms with Crippen molar-refractivity contribution in [3.8, 4) is 5.75 Å². The van der Waals surface area contributed by atoms with Crippen LogP contribution < -0.4 is 4.74 Å². The number of benzene rings is 1. The van der Waals surface area contributed by atoms with E-state index in [9.17, 15) is 4.79 Å². The molecule has 3 heteroatoms. The lowest BCUT2D eigenvalue weighted by atomic mass is 10.1. The number of aryl methyl sites for hydroxylation is 2. The van der Waals surface area contributed by atoms with Gasteiger partial charge in [0.1, 0.15) is 5.75 Å². The second-order valence-electron chi connectivity index (χ2n) is 3.96. The van der Waals surface area contributed by atoms with Gasteiger partial charge in [-0.15, -0.1) is 11.3 Å². The molecule has 0 amide bonds. The van der Waals surface area contributed by atoms with Gasteiger partial charge < -0.3 is 4.74 Å². The molecule has 0 aliphatic carbocycles. The van der Waals surface area contributed by atoms with Gasteiger partial charge in [0.15, 0.2) is 6.61 Å². The molecule has 0 N–H and O–H groups in total. The molecule has 0 bridgehead atoms. The van der Waals surface area contributed by atoms with Crippen molar-refractivity contribution in [2.75, 3.05) is 6.61 Å². The Bertz CT molecular complexity index is 515. The monoisotopic (exact) mass is 246 g/mol. The number of hydrogen-bond donors (Lipinski definition) is 0.